The Balaban J connectivity index is 1.66. The van der Waals surface area contributed by atoms with Crippen molar-refractivity contribution in [3.8, 4) is 66.8 Å². The van der Waals surface area contributed by atoms with Gasteiger partial charge in [0.2, 0.25) is 0 Å². The van der Waals surface area contributed by atoms with E-state index in [1.165, 1.54) is 24.3 Å². The Morgan fingerprint density at radius 3 is 0.907 bits per heavy atom. The molecule has 0 bridgehead atoms. The first-order chi connectivity index (χ1) is 25.7. The highest BCUT2D eigenvalue weighted by molar-refractivity contribution is 5.99. The van der Waals surface area contributed by atoms with Crippen LogP contribution in [0.15, 0.2) is 146 Å². The fourth-order valence-corrected chi connectivity index (χ4v) is 7.56. The molecule has 7 aromatic rings. The molecule has 54 heavy (non-hydrogen) atoms. The summed E-state index contributed by atoms with van der Waals surface area (Å²) in [6.45, 7) is 7.70. The van der Waals surface area contributed by atoms with Gasteiger partial charge in [0.15, 0.2) is 0 Å². The molecule has 0 fully saturated rings. The molecule has 0 aliphatic carbocycles. The lowest BCUT2D eigenvalue weighted by Gasteiger charge is -2.24. The van der Waals surface area contributed by atoms with Gasteiger partial charge in [-0.3, -0.25) is 0 Å². The van der Waals surface area contributed by atoms with Gasteiger partial charge in [-0.1, -0.05) is 109 Å². The lowest BCUT2D eigenvalue weighted by atomic mass is 9.80. The van der Waals surface area contributed by atoms with Gasteiger partial charge >= 0.3 is 12.4 Å². The molecule has 0 radical (unpaired) electrons. The number of rotatable bonds is 6. The Morgan fingerprint density at radius 1 is 0.278 bits per heavy atom. The summed E-state index contributed by atoms with van der Waals surface area (Å²) in [6.07, 6.45) is -9.40. The number of aryl methyl sites for hydroxylation is 4. The zero-order chi connectivity index (χ0) is 38.4. The third kappa shape index (κ3) is 6.96. The number of halogens is 6. The van der Waals surface area contributed by atoms with Gasteiger partial charge in [-0.05, 0) is 153 Å². The monoisotopic (exact) mass is 726 g/mol. The van der Waals surface area contributed by atoms with Crippen molar-refractivity contribution in [3.05, 3.63) is 179 Å². The number of hydrogen-bond donors (Lipinski definition) is 0. The lowest BCUT2D eigenvalue weighted by Crippen LogP contribution is -2.09. The van der Waals surface area contributed by atoms with Crippen molar-refractivity contribution in [2.45, 2.75) is 40.0 Å². The average Bonchev–Trinajstić information content (AvgIpc) is 3.15. The van der Waals surface area contributed by atoms with Crippen LogP contribution in [-0.4, -0.2) is 0 Å². The minimum atomic E-state index is -4.70. The number of alkyl halides is 6. The van der Waals surface area contributed by atoms with E-state index in [4.69, 9.17) is 0 Å². The molecule has 6 heteroatoms. The largest absolute Gasteiger partial charge is 0.417 e. The van der Waals surface area contributed by atoms with Crippen LogP contribution >= 0.6 is 0 Å². The summed E-state index contributed by atoms with van der Waals surface area (Å²) in [5, 5.41) is 0. The maximum absolute atomic E-state index is 14.9. The van der Waals surface area contributed by atoms with Crippen molar-refractivity contribution in [2.75, 3.05) is 0 Å². The minimum Gasteiger partial charge on any atom is -0.166 e. The predicted octanol–water partition coefficient (Wildman–Crippen LogP) is 15.0. The zero-order valence-electron chi connectivity index (χ0n) is 30.1. The molecule has 270 valence electrons. The second-order valence-electron chi connectivity index (χ2n) is 13.7. The molecular formula is C48H36F6. The molecule has 0 aromatic heterocycles. The first-order valence-electron chi connectivity index (χ1n) is 17.6. The molecular weight excluding hydrogens is 691 g/mol. The van der Waals surface area contributed by atoms with E-state index in [0.29, 0.717) is 22.3 Å². The van der Waals surface area contributed by atoms with Gasteiger partial charge in [-0.2, -0.15) is 26.3 Å². The number of benzene rings is 7. The molecule has 0 unspecified atom stereocenters. The van der Waals surface area contributed by atoms with E-state index in [9.17, 15) is 26.3 Å². The standard InChI is InChI=1S/C48H36F6/c1-29-23-31(3)39(25-37(29)33-15-7-5-8-16-33)43-27-42(36-20-12-14-22-46(36)48(52,53)54)44(28-41(43)35-19-11-13-21-45(35)47(49,50)51)40-26-38(30(2)24-32(40)4)34-17-9-6-10-18-34/h5-28H,1-4H3. The summed E-state index contributed by atoms with van der Waals surface area (Å²) >= 11 is 0. The van der Waals surface area contributed by atoms with Gasteiger partial charge in [0.1, 0.15) is 0 Å². The fourth-order valence-electron chi connectivity index (χ4n) is 7.56. The van der Waals surface area contributed by atoms with E-state index < -0.39 is 23.5 Å². The Labute approximate surface area is 311 Å². The summed E-state index contributed by atoms with van der Waals surface area (Å²) in [5.41, 5.74) is 7.80. The molecule has 0 amide bonds. The van der Waals surface area contributed by atoms with E-state index in [2.05, 4.69) is 0 Å². The van der Waals surface area contributed by atoms with Crippen LogP contribution in [0.5, 0.6) is 0 Å². The van der Waals surface area contributed by atoms with E-state index in [0.717, 1.165) is 56.6 Å². The number of hydrogen-bond acceptors (Lipinski definition) is 0. The quantitative estimate of drug-likeness (QED) is 0.150. The highest BCUT2D eigenvalue weighted by Gasteiger charge is 2.36. The van der Waals surface area contributed by atoms with Crippen LogP contribution in [0.2, 0.25) is 0 Å². The molecule has 0 N–H and O–H groups in total. The summed E-state index contributed by atoms with van der Waals surface area (Å²) in [7, 11) is 0. The van der Waals surface area contributed by atoms with Crippen LogP contribution in [0, 0.1) is 27.7 Å². The van der Waals surface area contributed by atoms with Crippen LogP contribution in [0.1, 0.15) is 33.4 Å². The van der Waals surface area contributed by atoms with Gasteiger partial charge in [0, 0.05) is 0 Å². The van der Waals surface area contributed by atoms with Crippen molar-refractivity contribution >= 4 is 0 Å². The maximum Gasteiger partial charge on any atom is 0.417 e. The van der Waals surface area contributed by atoms with Gasteiger partial charge in [0.05, 0.1) is 11.1 Å². The zero-order valence-corrected chi connectivity index (χ0v) is 30.1. The Morgan fingerprint density at radius 2 is 0.556 bits per heavy atom. The molecule has 0 heterocycles. The van der Waals surface area contributed by atoms with Gasteiger partial charge < -0.3 is 0 Å². The van der Waals surface area contributed by atoms with E-state index in [1.807, 2.05) is 113 Å². The van der Waals surface area contributed by atoms with Crippen molar-refractivity contribution < 1.29 is 26.3 Å². The second-order valence-corrected chi connectivity index (χ2v) is 13.7. The molecule has 0 spiro atoms. The van der Waals surface area contributed by atoms with Gasteiger partial charge in [-0.15, -0.1) is 0 Å². The van der Waals surface area contributed by atoms with Crippen LogP contribution in [0.4, 0.5) is 26.3 Å². The molecule has 0 aliphatic rings. The highest BCUT2D eigenvalue weighted by Crippen LogP contribution is 2.50. The van der Waals surface area contributed by atoms with Gasteiger partial charge in [0.25, 0.3) is 0 Å². The smallest absolute Gasteiger partial charge is 0.166 e. The average molecular weight is 727 g/mol. The summed E-state index contributed by atoms with van der Waals surface area (Å²) in [5.74, 6) is 0. The van der Waals surface area contributed by atoms with Crippen molar-refractivity contribution in [2.24, 2.45) is 0 Å². The molecule has 7 rings (SSSR count). The van der Waals surface area contributed by atoms with Crippen LogP contribution < -0.4 is 0 Å². The molecule has 0 saturated heterocycles. The first kappa shape index (κ1) is 36.5. The van der Waals surface area contributed by atoms with Crippen LogP contribution in [0.25, 0.3) is 66.8 Å². The normalized spacial score (nSPS) is 11.9. The molecule has 7 aromatic carbocycles. The molecule has 0 nitrogen and oxygen atoms in total. The molecule has 0 aliphatic heterocycles. The van der Waals surface area contributed by atoms with Crippen molar-refractivity contribution in [1.29, 1.82) is 0 Å². The van der Waals surface area contributed by atoms with Crippen molar-refractivity contribution in [3.63, 3.8) is 0 Å². The van der Waals surface area contributed by atoms with E-state index in [-0.39, 0.29) is 22.3 Å². The van der Waals surface area contributed by atoms with Crippen molar-refractivity contribution in [1.82, 2.24) is 0 Å². The summed E-state index contributed by atoms with van der Waals surface area (Å²) in [4.78, 5) is 0. The third-order valence-electron chi connectivity index (χ3n) is 10.1. The lowest BCUT2D eigenvalue weighted by molar-refractivity contribution is -0.137. The Hall–Kier alpha value is -5.88. The highest BCUT2D eigenvalue weighted by atomic mass is 19.4. The summed E-state index contributed by atoms with van der Waals surface area (Å²) in [6, 6.07) is 41.2. The predicted molar refractivity (Wildman–Crippen MR) is 208 cm³/mol. The van der Waals surface area contributed by atoms with Crippen LogP contribution in [0.3, 0.4) is 0 Å². The molecule has 0 atom stereocenters. The minimum absolute atomic E-state index is 0.0637. The fraction of sp³-hybridized carbons (Fsp3) is 0.125. The maximum atomic E-state index is 14.9. The Bertz CT molecular complexity index is 2310. The van der Waals surface area contributed by atoms with Crippen LogP contribution in [-0.2, 0) is 12.4 Å². The third-order valence-corrected chi connectivity index (χ3v) is 10.1. The Kier molecular flexibility index (Phi) is 9.57. The second kappa shape index (κ2) is 14.2. The molecule has 0 saturated carbocycles. The SMILES string of the molecule is Cc1cc(C)c(-c2cc(-c3ccccc3C(F)(F)F)c(-c3cc(-c4ccccc4)c(C)cc3C)cc2-c2ccccc2C(F)(F)F)cc1-c1ccccc1. The van der Waals surface area contributed by atoms with Gasteiger partial charge in [-0.25, -0.2) is 0 Å². The van der Waals surface area contributed by atoms with E-state index in [1.54, 1.807) is 24.3 Å². The first-order valence-corrected chi connectivity index (χ1v) is 17.6. The van der Waals surface area contributed by atoms with E-state index >= 15 is 0 Å². The summed E-state index contributed by atoms with van der Waals surface area (Å²) < 4.78 is 89.2. The topological polar surface area (TPSA) is 0 Å².